The summed E-state index contributed by atoms with van der Waals surface area (Å²) >= 11 is 0. The summed E-state index contributed by atoms with van der Waals surface area (Å²) in [7, 11) is 1.51. The molecule has 0 radical (unpaired) electrons. The van der Waals surface area contributed by atoms with Gasteiger partial charge in [-0.15, -0.1) is 0 Å². The van der Waals surface area contributed by atoms with Gasteiger partial charge in [0.1, 0.15) is 6.61 Å². The lowest BCUT2D eigenvalue weighted by atomic mass is 10.1. The molecule has 0 bridgehead atoms. The molecule has 0 aromatic rings. The lowest BCUT2D eigenvalue weighted by Crippen LogP contribution is -2.51. The molecule has 1 fully saturated rings. The summed E-state index contributed by atoms with van der Waals surface area (Å²) < 4.78 is 4.82. The van der Waals surface area contributed by atoms with Crippen LogP contribution in [-0.2, 0) is 14.3 Å². The first-order chi connectivity index (χ1) is 9.04. The van der Waals surface area contributed by atoms with Crippen molar-refractivity contribution in [1.29, 1.82) is 0 Å². The molecule has 0 spiro atoms. The third-order valence-electron chi connectivity index (χ3n) is 3.30. The van der Waals surface area contributed by atoms with Crippen LogP contribution in [0.1, 0.15) is 26.2 Å². The molecule has 19 heavy (non-hydrogen) atoms. The van der Waals surface area contributed by atoms with E-state index in [0.29, 0.717) is 32.6 Å². The van der Waals surface area contributed by atoms with Gasteiger partial charge < -0.3 is 20.3 Å². The fourth-order valence-corrected chi connectivity index (χ4v) is 2.15. The number of hydrogen-bond acceptors (Lipinski definition) is 4. The van der Waals surface area contributed by atoms with E-state index in [0.717, 1.165) is 12.8 Å². The molecule has 0 aromatic carbocycles. The number of nitrogens with zero attached hydrogens (tertiary/aromatic N) is 2. The molecule has 1 aliphatic heterocycles. The molecule has 1 saturated heterocycles. The van der Waals surface area contributed by atoms with Crippen LogP contribution >= 0.6 is 0 Å². The van der Waals surface area contributed by atoms with Crippen LogP contribution in [-0.4, -0.2) is 67.6 Å². The molecule has 6 nitrogen and oxygen atoms in total. The van der Waals surface area contributed by atoms with Crippen LogP contribution in [0.4, 0.5) is 0 Å². The van der Waals surface area contributed by atoms with Gasteiger partial charge in [-0.3, -0.25) is 9.59 Å². The van der Waals surface area contributed by atoms with Gasteiger partial charge in [0.05, 0.1) is 0 Å². The number of carbonyl (C=O) groups excluding carboxylic acids is 2. The first kappa shape index (κ1) is 15.9. The summed E-state index contributed by atoms with van der Waals surface area (Å²) in [5.74, 6) is 0.158. The summed E-state index contributed by atoms with van der Waals surface area (Å²) in [6.45, 7) is 4.49. The Bertz CT molecular complexity index is 300. The van der Waals surface area contributed by atoms with Gasteiger partial charge in [0, 0.05) is 45.8 Å². The Morgan fingerprint density at radius 3 is 2.16 bits per heavy atom. The van der Waals surface area contributed by atoms with Crippen LogP contribution < -0.4 is 5.73 Å². The van der Waals surface area contributed by atoms with Crippen molar-refractivity contribution < 1.29 is 14.3 Å². The highest BCUT2D eigenvalue weighted by atomic mass is 16.5. The number of carbonyl (C=O) groups is 2. The van der Waals surface area contributed by atoms with Crippen LogP contribution in [0.3, 0.4) is 0 Å². The van der Waals surface area contributed by atoms with Crippen molar-refractivity contribution in [2.45, 2.75) is 32.2 Å². The van der Waals surface area contributed by atoms with Crippen molar-refractivity contribution >= 4 is 11.8 Å². The summed E-state index contributed by atoms with van der Waals surface area (Å²) in [6.07, 6.45) is 2.25. The Hall–Kier alpha value is -1.14. The maximum Gasteiger partial charge on any atom is 0.248 e. The van der Waals surface area contributed by atoms with Crippen LogP contribution in [0, 0.1) is 0 Å². The Labute approximate surface area is 114 Å². The van der Waals surface area contributed by atoms with E-state index < -0.39 is 0 Å². The Balaban J connectivity index is 2.25. The van der Waals surface area contributed by atoms with Gasteiger partial charge in [-0.25, -0.2) is 0 Å². The predicted molar refractivity (Wildman–Crippen MR) is 72.5 cm³/mol. The molecule has 1 rings (SSSR count). The van der Waals surface area contributed by atoms with E-state index in [1.54, 1.807) is 4.90 Å². The number of rotatable bonds is 6. The molecule has 110 valence electrons. The van der Waals surface area contributed by atoms with Crippen molar-refractivity contribution in [2.75, 3.05) is 39.9 Å². The van der Waals surface area contributed by atoms with E-state index in [1.165, 1.54) is 7.11 Å². The van der Waals surface area contributed by atoms with Crippen molar-refractivity contribution in [3.63, 3.8) is 0 Å². The fourth-order valence-electron chi connectivity index (χ4n) is 2.15. The summed E-state index contributed by atoms with van der Waals surface area (Å²) in [5, 5.41) is 0. The van der Waals surface area contributed by atoms with Crippen molar-refractivity contribution in [1.82, 2.24) is 9.80 Å². The minimum absolute atomic E-state index is 0.00782. The second kappa shape index (κ2) is 8.12. The standard InChI is InChI=1S/C13H25N3O3/c1-11(14)4-3-5-12(17)15-6-8-16(9-7-15)13(18)10-19-2/h11H,3-10,14H2,1-2H3. The highest BCUT2D eigenvalue weighted by Gasteiger charge is 2.23. The molecular formula is C13H25N3O3. The van der Waals surface area contributed by atoms with Crippen LogP contribution in [0.2, 0.25) is 0 Å². The number of methoxy groups -OCH3 is 1. The van der Waals surface area contributed by atoms with Gasteiger partial charge in [-0.1, -0.05) is 0 Å². The lowest BCUT2D eigenvalue weighted by molar-refractivity contribution is -0.141. The SMILES string of the molecule is COCC(=O)N1CCN(C(=O)CCCC(C)N)CC1. The minimum atomic E-state index is -0.00782. The smallest absolute Gasteiger partial charge is 0.248 e. The Morgan fingerprint density at radius 1 is 1.16 bits per heavy atom. The van der Waals surface area contributed by atoms with Gasteiger partial charge in [0.25, 0.3) is 0 Å². The van der Waals surface area contributed by atoms with Gasteiger partial charge in [-0.2, -0.15) is 0 Å². The minimum Gasteiger partial charge on any atom is -0.375 e. The molecular weight excluding hydrogens is 246 g/mol. The summed E-state index contributed by atoms with van der Waals surface area (Å²) in [6, 6.07) is 0.149. The van der Waals surface area contributed by atoms with E-state index in [9.17, 15) is 9.59 Å². The third-order valence-corrected chi connectivity index (χ3v) is 3.30. The third kappa shape index (κ3) is 5.57. The second-order valence-corrected chi connectivity index (χ2v) is 5.06. The molecule has 6 heteroatoms. The average molecular weight is 271 g/mol. The predicted octanol–water partition coefficient (Wildman–Crippen LogP) is -0.179. The zero-order valence-corrected chi connectivity index (χ0v) is 11.9. The number of piperazine rings is 1. The van der Waals surface area contributed by atoms with Crippen LogP contribution in [0.25, 0.3) is 0 Å². The van der Waals surface area contributed by atoms with E-state index in [4.69, 9.17) is 10.5 Å². The quantitative estimate of drug-likeness (QED) is 0.727. The molecule has 0 aromatic heterocycles. The normalized spacial score (nSPS) is 17.4. The molecule has 0 saturated carbocycles. The van der Waals surface area contributed by atoms with Crippen molar-refractivity contribution in [2.24, 2.45) is 5.73 Å². The molecule has 1 heterocycles. The van der Waals surface area contributed by atoms with Crippen LogP contribution in [0.5, 0.6) is 0 Å². The molecule has 1 aliphatic rings. The van der Waals surface area contributed by atoms with Gasteiger partial charge in [-0.05, 0) is 19.8 Å². The Morgan fingerprint density at radius 2 is 1.68 bits per heavy atom. The monoisotopic (exact) mass is 271 g/mol. The van der Waals surface area contributed by atoms with Crippen molar-refractivity contribution in [3.8, 4) is 0 Å². The summed E-state index contributed by atoms with van der Waals surface area (Å²) in [5.41, 5.74) is 5.66. The zero-order chi connectivity index (χ0) is 14.3. The first-order valence-corrected chi connectivity index (χ1v) is 6.84. The Kier molecular flexibility index (Phi) is 6.80. The number of ether oxygens (including phenoxy) is 1. The largest absolute Gasteiger partial charge is 0.375 e. The van der Waals surface area contributed by atoms with Crippen molar-refractivity contribution in [3.05, 3.63) is 0 Å². The maximum atomic E-state index is 11.9. The maximum absolute atomic E-state index is 11.9. The molecule has 0 aliphatic carbocycles. The van der Waals surface area contributed by atoms with Crippen LogP contribution in [0.15, 0.2) is 0 Å². The second-order valence-electron chi connectivity index (χ2n) is 5.06. The number of amides is 2. The fraction of sp³-hybridized carbons (Fsp3) is 0.846. The lowest BCUT2D eigenvalue weighted by Gasteiger charge is -2.34. The van der Waals surface area contributed by atoms with E-state index in [2.05, 4.69) is 0 Å². The van der Waals surface area contributed by atoms with E-state index in [1.807, 2.05) is 11.8 Å². The summed E-state index contributed by atoms with van der Waals surface area (Å²) in [4.78, 5) is 27.1. The highest BCUT2D eigenvalue weighted by Crippen LogP contribution is 2.07. The zero-order valence-electron chi connectivity index (χ0n) is 11.9. The molecule has 1 unspecified atom stereocenters. The van der Waals surface area contributed by atoms with Gasteiger partial charge >= 0.3 is 0 Å². The topological polar surface area (TPSA) is 75.9 Å². The van der Waals surface area contributed by atoms with Gasteiger partial charge in [0.2, 0.25) is 11.8 Å². The van der Waals surface area contributed by atoms with E-state index in [-0.39, 0.29) is 24.5 Å². The average Bonchev–Trinajstić information content (AvgIpc) is 2.38. The van der Waals surface area contributed by atoms with E-state index >= 15 is 0 Å². The molecule has 2 N–H and O–H groups in total. The molecule has 1 atom stereocenters. The first-order valence-electron chi connectivity index (χ1n) is 6.84. The highest BCUT2D eigenvalue weighted by molar-refractivity contribution is 5.79. The van der Waals surface area contributed by atoms with Gasteiger partial charge in [0.15, 0.2) is 0 Å². The molecule has 2 amide bonds. The number of hydrogen-bond donors (Lipinski definition) is 1. The number of nitrogens with two attached hydrogens (primary N) is 1.